The van der Waals surface area contributed by atoms with E-state index in [-0.39, 0.29) is 12.1 Å². The van der Waals surface area contributed by atoms with Crippen LogP contribution in [0.2, 0.25) is 0 Å². The standard InChI is InChI=1S/C19H16F5N3O5/c1-6-5-27-12-8(3-9(10(20)11(12)21)14(28)19(22,23)24)4-18(13(27)7(2)32-6)15(29)25-17(31)26-16(18)30/h3,6-7,13H,4-5H2,1-2H3,(H2,25,26,29,30,31)/t6-,7+,13-/m1/s1. The predicted octanol–water partition coefficient (Wildman–Crippen LogP) is 1.60. The molecule has 1 aromatic carbocycles. The highest BCUT2D eigenvalue weighted by atomic mass is 19.4. The number of amides is 4. The van der Waals surface area contributed by atoms with Gasteiger partial charge in [0.2, 0.25) is 11.8 Å². The predicted molar refractivity (Wildman–Crippen MR) is 95.7 cm³/mol. The molecule has 2 saturated heterocycles. The van der Waals surface area contributed by atoms with Crippen LogP contribution in [0.1, 0.15) is 29.8 Å². The molecular formula is C19H16F5N3O5. The van der Waals surface area contributed by atoms with E-state index in [2.05, 4.69) is 0 Å². The molecule has 0 aliphatic carbocycles. The fraction of sp³-hybridized carbons (Fsp3) is 0.474. The number of nitrogens with zero attached hydrogens (tertiary/aromatic N) is 1. The molecule has 3 aliphatic heterocycles. The molecule has 32 heavy (non-hydrogen) atoms. The number of hydrogen-bond acceptors (Lipinski definition) is 6. The van der Waals surface area contributed by atoms with Gasteiger partial charge in [-0.2, -0.15) is 13.2 Å². The summed E-state index contributed by atoms with van der Waals surface area (Å²) in [7, 11) is 0. The molecule has 0 saturated carbocycles. The summed E-state index contributed by atoms with van der Waals surface area (Å²) in [6, 6.07) is -1.81. The van der Waals surface area contributed by atoms with Crippen molar-refractivity contribution < 1.29 is 45.9 Å². The number of carbonyl (C=O) groups is 4. The van der Waals surface area contributed by atoms with Crippen LogP contribution in [0.3, 0.4) is 0 Å². The fourth-order valence-electron chi connectivity index (χ4n) is 4.86. The second kappa shape index (κ2) is 6.95. The molecule has 13 heteroatoms. The van der Waals surface area contributed by atoms with Crippen LogP contribution in [-0.4, -0.2) is 54.6 Å². The molecule has 0 radical (unpaired) electrons. The lowest BCUT2D eigenvalue weighted by Crippen LogP contribution is -2.75. The molecule has 3 aliphatic rings. The Balaban J connectivity index is 1.98. The second-order valence-corrected chi connectivity index (χ2v) is 8.02. The van der Waals surface area contributed by atoms with Gasteiger partial charge in [-0.25, -0.2) is 13.6 Å². The van der Waals surface area contributed by atoms with Gasteiger partial charge in [0.1, 0.15) is 0 Å². The van der Waals surface area contributed by atoms with Crippen molar-refractivity contribution in [2.45, 2.75) is 44.7 Å². The van der Waals surface area contributed by atoms with Crippen molar-refractivity contribution in [3.63, 3.8) is 0 Å². The van der Waals surface area contributed by atoms with E-state index < -0.39 is 82.8 Å². The van der Waals surface area contributed by atoms with Gasteiger partial charge in [-0.05, 0) is 25.5 Å². The summed E-state index contributed by atoms with van der Waals surface area (Å²) in [5.41, 5.74) is -4.49. The molecule has 4 amide bonds. The number of halogens is 5. The van der Waals surface area contributed by atoms with Crippen molar-refractivity contribution in [3.8, 4) is 0 Å². The van der Waals surface area contributed by atoms with Crippen LogP contribution in [-0.2, 0) is 20.7 Å². The lowest BCUT2D eigenvalue weighted by atomic mass is 9.66. The highest BCUT2D eigenvalue weighted by Gasteiger charge is 2.63. The van der Waals surface area contributed by atoms with Crippen molar-refractivity contribution in [2.24, 2.45) is 5.41 Å². The summed E-state index contributed by atoms with van der Waals surface area (Å²) in [6.07, 6.45) is -7.65. The number of morpholine rings is 1. The number of hydrogen-bond donors (Lipinski definition) is 2. The number of imide groups is 2. The van der Waals surface area contributed by atoms with Gasteiger partial charge in [-0.1, -0.05) is 0 Å². The third kappa shape index (κ3) is 2.98. The summed E-state index contributed by atoms with van der Waals surface area (Å²) in [5, 5.41) is 3.89. The Bertz CT molecular complexity index is 1050. The molecule has 2 N–H and O–H groups in total. The number of urea groups is 1. The Hall–Kier alpha value is -3.09. The maximum absolute atomic E-state index is 15.1. The second-order valence-electron chi connectivity index (χ2n) is 8.02. The Morgan fingerprint density at radius 3 is 2.28 bits per heavy atom. The molecule has 3 heterocycles. The summed E-state index contributed by atoms with van der Waals surface area (Å²) in [5.74, 6) is -8.43. The number of barbiturate groups is 1. The molecular weight excluding hydrogens is 445 g/mol. The van der Waals surface area contributed by atoms with Crippen molar-refractivity contribution >= 4 is 29.3 Å². The first-order valence-corrected chi connectivity index (χ1v) is 9.50. The maximum atomic E-state index is 15.1. The number of rotatable bonds is 1. The number of ketones is 1. The number of fused-ring (bicyclic) bond motifs is 4. The van der Waals surface area contributed by atoms with E-state index in [0.29, 0.717) is 6.07 Å². The van der Waals surface area contributed by atoms with Crippen LogP contribution in [0.15, 0.2) is 6.07 Å². The molecule has 8 nitrogen and oxygen atoms in total. The zero-order chi connectivity index (χ0) is 23.7. The minimum Gasteiger partial charge on any atom is -0.372 e. The molecule has 0 bridgehead atoms. The van der Waals surface area contributed by atoms with Gasteiger partial charge < -0.3 is 9.64 Å². The van der Waals surface area contributed by atoms with Crippen LogP contribution in [0.5, 0.6) is 0 Å². The van der Waals surface area contributed by atoms with Gasteiger partial charge in [-0.3, -0.25) is 25.0 Å². The first-order chi connectivity index (χ1) is 14.8. The lowest BCUT2D eigenvalue weighted by molar-refractivity contribution is -0.153. The smallest absolute Gasteiger partial charge is 0.372 e. The molecule has 0 aromatic heterocycles. The highest BCUT2D eigenvalue weighted by Crippen LogP contribution is 2.48. The van der Waals surface area contributed by atoms with E-state index >= 15 is 4.39 Å². The minimum absolute atomic E-state index is 0.138. The number of nitrogens with one attached hydrogen (secondary N) is 2. The quantitative estimate of drug-likeness (QED) is 0.374. The fourth-order valence-corrected chi connectivity index (χ4v) is 4.86. The topological polar surface area (TPSA) is 105 Å². The molecule has 2 fully saturated rings. The number of benzene rings is 1. The van der Waals surface area contributed by atoms with E-state index in [1.54, 1.807) is 6.92 Å². The van der Waals surface area contributed by atoms with Crippen molar-refractivity contribution in [2.75, 3.05) is 11.4 Å². The zero-order valence-corrected chi connectivity index (χ0v) is 16.6. The van der Waals surface area contributed by atoms with E-state index in [4.69, 9.17) is 4.74 Å². The monoisotopic (exact) mass is 461 g/mol. The van der Waals surface area contributed by atoms with Crippen LogP contribution in [0, 0.1) is 17.0 Å². The first kappa shape index (κ1) is 22.1. The zero-order valence-electron chi connectivity index (χ0n) is 16.6. The average Bonchev–Trinajstić information content (AvgIpc) is 2.66. The third-order valence-corrected chi connectivity index (χ3v) is 5.97. The summed E-state index contributed by atoms with van der Waals surface area (Å²) in [6.45, 7) is 2.95. The van der Waals surface area contributed by atoms with E-state index in [1.807, 2.05) is 10.6 Å². The van der Waals surface area contributed by atoms with Gasteiger partial charge in [0.15, 0.2) is 17.0 Å². The number of alkyl halides is 3. The molecule has 172 valence electrons. The number of ether oxygens (including phenoxy) is 1. The molecule has 1 spiro atoms. The largest absolute Gasteiger partial charge is 0.454 e. The third-order valence-electron chi connectivity index (χ3n) is 5.97. The Morgan fingerprint density at radius 2 is 1.72 bits per heavy atom. The molecule has 4 rings (SSSR count). The van der Waals surface area contributed by atoms with Gasteiger partial charge in [-0.15, -0.1) is 0 Å². The molecule has 0 unspecified atom stereocenters. The molecule has 1 aromatic rings. The van der Waals surface area contributed by atoms with Crippen molar-refractivity contribution in [3.05, 3.63) is 28.8 Å². The van der Waals surface area contributed by atoms with Gasteiger partial charge in [0.25, 0.3) is 5.78 Å². The molecule has 3 atom stereocenters. The van der Waals surface area contributed by atoms with E-state index in [1.165, 1.54) is 11.8 Å². The summed E-state index contributed by atoms with van der Waals surface area (Å²) >= 11 is 0. The van der Waals surface area contributed by atoms with Crippen molar-refractivity contribution in [1.29, 1.82) is 0 Å². The van der Waals surface area contributed by atoms with E-state index in [9.17, 15) is 36.7 Å². The highest BCUT2D eigenvalue weighted by molar-refractivity contribution is 6.20. The SMILES string of the molecule is C[C@@H]1CN2c3c(cc(C(=O)C(F)(F)F)c(F)c3F)CC3(C(=O)NC(=O)NC3=O)[C@H]2[C@H](C)O1. The van der Waals surface area contributed by atoms with Crippen LogP contribution >= 0.6 is 0 Å². The first-order valence-electron chi connectivity index (χ1n) is 9.50. The van der Waals surface area contributed by atoms with Gasteiger partial charge in [0.05, 0.1) is 29.5 Å². The average molecular weight is 461 g/mol. The van der Waals surface area contributed by atoms with Crippen LogP contribution in [0.4, 0.5) is 32.4 Å². The number of anilines is 1. The van der Waals surface area contributed by atoms with Crippen molar-refractivity contribution in [1.82, 2.24) is 10.6 Å². The normalized spacial score (nSPS) is 26.9. The van der Waals surface area contributed by atoms with Crippen LogP contribution < -0.4 is 15.5 Å². The minimum atomic E-state index is -5.48. The summed E-state index contributed by atoms with van der Waals surface area (Å²) in [4.78, 5) is 50.3. The Morgan fingerprint density at radius 1 is 1.12 bits per heavy atom. The van der Waals surface area contributed by atoms with E-state index in [0.717, 1.165) is 0 Å². The lowest BCUT2D eigenvalue weighted by Gasteiger charge is -2.55. The number of carbonyl (C=O) groups excluding carboxylic acids is 4. The van der Waals surface area contributed by atoms with Gasteiger partial charge >= 0.3 is 12.2 Å². The Kier molecular flexibility index (Phi) is 4.81. The maximum Gasteiger partial charge on any atom is 0.454 e. The Labute approximate surface area is 177 Å². The number of Topliss-reactive ketones (excluding diaryl/α,β-unsaturated/α-hetero) is 1. The van der Waals surface area contributed by atoms with Gasteiger partial charge in [0, 0.05) is 13.0 Å². The van der Waals surface area contributed by atoms with Crippen LogP contribution in [0.25, 0.3) is 0 Å². The summed E-state index contributed by atoms with van der Waals surface area (Å²) < 4.78 is 74.2.